The van der Waals surface area contributed by atoms with Gasteiger partial charge in [-0.2, -0.15) is 0 Å². The van der Waals surface area contributed by atoms with Crippen LogP contribution in [0.3, 0.4) is 0 Å². The lowest BCUT2D eigenvalue weighted by atomic mass is 10.1. The van der Waals surface area contributed by atoms with Gasteiger partial charge >= 0.3 is 11.9 Å². The first-order chi connectivity index (χ1) is 7.73. The van der Waals surface area contributed by atoms with E-state index >= 15 is 0 Å². The van der Waals surface area contributed by atoms with Crippen molar-refractivity contribution in [2.75, 3.05) is 0 Å². The van der Waals surface area contributed by atoms with Crippen LogP contribution in [-0.4, -0.2) is 29.9 Å². The van der Waals surface area contributed by atoms with Crippen LogP contribution in [0.4, 0.5) is 0 Å². The maximum Gasteiger partial charge on any atom is 0.331 e. The maximum absolute atomic E-state index is 11.3. The predicted molar refractivity (Wildman–Crippen MR) is 60.3 cm³/mol. The Morgan fingerprint density at radius 3 is 1.94 bits per heavy atom. The fourth-order valence-electron chi connectivity index (χ4n) is 1.15. The molecule has 0 aliphatic heterocycles. The van der Waals surface area contributed by atoms with Crippen molar-refractivity contribution in [3.05, 3.63) is 0 Å². The van der Waals surface area contributed by atoms with E-state index in [0.717, 1.165) is 0 Å². The van der Waals surface area contributed by atoms with Gasteiger partial charge in [-0.25, -0.2) is 9.59 Å². The largest absolute Gasteiger partial charge is 0.391 e. The van der Waals surface area contributed by atoms with Crippen LogP contribution in [0.2, 0.25) is 0 Å². The van der Waals surface area contributed by atoms with E-state index in [1.54, 1.807) is 0 Å². The predicted octanol–water partition coefficient (Wildman–Crippen LogP) is -1.37. The SMILES string of the molecule is CC(C)C[C@H](N)C(=O)OC(=O)[C@H](N)CC(N)=O. The third-order valence-electron chi connectivity index (χ3n) is 1.95. The molecule has 0 spiro atoms. The Bertz CT molecular complexity index is 304. The molecule has 2 atom stereocenters. The van der Waals surface area contributed by atoms with Crippen molar-refractivity contribution in [2.24, 2.45) is 23.1 Å². The number of ether oxygens (including phenoxy) is 1. The minimum absolute atomic E-state index is 0.201. The van der Waals surface area contributed by atoms with Crippen LogP contribution in [0.5, 0.6) is 0 Å². The Labute approximate surface area is 99.6 Å². The molecule has 0 aromatic heterocycles. The number of esters is 2. The number of nitrogens with two attached hydrogens (primary N) is 3. The van der Waals surface area contributed by atoms with E-state index in [0.29, 0.717) is 6.42 Å². The number of hydrogen-bond donors (Lipinski definition) is 3. The summed E-state index contributed by atoms with van der Waals surface area (Å²) in [6.45, 7) is 3.77. The highest BCUT2D eigenvalue weighted by Crippen LogP contribution is 2.04. The molecule has 0 radical (unpaired) electrons. The van der Waals surface area contributed by atoms with Crippen molar-refractivity contribution >= 4 is 17.8 Å². The highest BCUT2D eigenvalue weighted by Gasteiger charge is 2.24. The summed E-state index contributed by atoms with van der Waals surface area (Å²) in [7, 11) is 0. The summed E-state index contributed by atoms with van der Waals surface area (Å²) < 4.78 is 4.44. The van der Waals surface area contributed by atoms with Crippen molar-refractivity contribution in [3.8, 4) is 0 Å². The molecule has 98 valence electrons. The first kappa shape index (κ1) is 15.5. The first-order valence-corrected chi connectivity index (χ1v) is 5.29. The van der Waals surface area contributed by atoms with E-state index in [-0.39, 0.29) is 12.3 Å². The number of amides is 1. The van der Waals surface area contributed by atoms with E-state index < -0.39 is 29.9 Å². The molecule has 7 heteroatoms. The third-order valence-corrected chi connectivity index (χ3v) is 1.95. The summed E-state index contributed by atoms with van der Waals surface area (Å²) in [5, 5.41) is 0. The Morgan fingerprint density at radius 1 is 1.06 bits per heavy atom. The summed E-state index contributed by atoms with van der Waals surface area (Å²) in [6.07, 6.45) is 0.0305. The van der Waals surface area contributed by atoms with Gasteiger partial charge in [0, 0.05) is 0 Å². The van der Waals surface area contributed by atoms with Gasteiger partial charge in [-0.3, -0.25) is 4.79 Å². The summed E-state index contributed by atoms with van der Waals surface area (Å²) in [5.74, 6) is -2.38. The number of carbonyl (C=O) groups is 3. The monoisotopic (exact) mass is 245 g/mol. The molecular formula is C10H19N3O4. The van der Waals surface area contributed by atoms with Gasteiger partial charge < -0.3 is 21.9 Å². The number of carbonyl (C=O) groups excluding carboxylic acids is 3. The average Bonchev–Trinajstić information content (AvgIpc) is 2.15. The minimum Gasteiger partial charge on any atom is -0.391 e. The van der Waals surface area contributed by atoms with Crippen molar-refractivity contribution in [1.29, 1.82) is 0 Å². The molecule has 0 saturated heterocycles. The molecule has 0 rings (SSSR count). The molecule has 6 N–H and O–H groups in total. The number of hydrogen-bond acceptors (Lipinski definition) is 6. The summed E-state index contributed by atoms with van der Waals surface area (Å²) in [6, 6.07) is -2.11. The quantitative estimate of drug-likeness (QED) is 0.390. The average molecular weight is 245 g/mol. The lowest BCUT2D eigenvalue weighted by Crippen LogP contribution is -2.41. The van der Waals surface area contributed by atoms with Gasteiger partial charge in [-0.05, 0) is 12.3 Å². The number of rotatable bonds is 6. The fourth-order valence-corrected chi connectivity index (χ4v) is 1.15. The lowest BCUT2D eigenvalue weighted by Gasteiger charge is -2.14. The highest BCUT2D eigenvalue weighted by atomic mass is 16.6. The Balaban J connectivity index is 4.19. The molecule has 0 aromatic rings. The van der Waals surface area contributed by atoms with Crippen molar-refractivity contribution in [1.82, 2.24) is 0 Å². The third kappa shape index (κ3) is 6.64. The topological polar surface area (TPSA) is 138 Å². The van der Waals surface area contributed by atoms with Gasteiger partial charge in [0.15, 0.2) is 0 Å². The van der Waals surface area contributed by atoms with E-state index in [2.05, 4.69) is 4.74 Å². The normalized spacial score (nSPS) is 14.2. The maximum atomic E-state index is 11.3. The van der Waals surface area contributed by atoms with Crippen LogP contribution in [0, 0.1) is 5.92 Å². The van der Waals surface area contributed by atoms with Crippen LogP contribution < -0.4 is 17.2 Å². The highest BCUT2D eigenvalue weighted by molar-refractivity contribution is 5.92. The molecule has 0 aliphatic rings. The second-order valence-corrected chi connectivity index (χ2v) is 4.25. The molecule has 1 amide bonds. The van der Waals surface area contributed by atoms with Crippen LogP contribution in [0.1, 0.15) is 26.7 Å². The first-order valence-electron chi connectivity index (χ1n) is 5.29. The minimum atomic E-state index is -1.23. The van der Waals surface area contributed by atoms with Crippen LogP contribution in [-0.2, 0) is 19.1 Å². The summed E-state index contributed by atoms with van der Waals surface area (Å²) in [4.78, 5) is 33.1. The van der Waals surface area contributed by atoms with Crippen LogP contribution in [0.15, 0.2) is 0 Å². The standard InChI is InChI=1S/C10H19N3O4/c1-5(2)3-6(11)9(15)17-10(16)7(12)4-8(13)14/h5-7H,3-4,11-12H2,1-2H3,(H2,13,14)/t6-,7+/m0/s1. The van der Waals surface area contributed by atoms with Gasteiger partial charge in [-0.1, -0.05) is 13.8 Å². The van der Waals surface area contributed by atoms with Crippen molar-refractivity contribution < 1.29 is 19.1 Å². The van der Waals surface area contributed by atoms with E-state index in [9.17, 15) is 14.4 Å². The molecule has 0 heterocycles. The van der Waals surface area contributed by atoms with Crippen molar-refractivity contribution in [2.45, 2.75) is 38.8 Å². The molecule has 0 unspecified atom stereocenters. The smallest absolute Gasteiger partial charge is 0.331 e. The molecule has 17 heavy (non-hydrogen) atoms. The molecule has 0 saturated carbocycles. The fraction of sp³-hybridized carbons (Fsp3) is 0.700. The number of primary amides is 1. The Kier molecular flexibility index (Phi) is 6.37. The lowest BCUT2D eigenvalue weighted by molar-refractivity contribution is -0.162. The van der Waals surface area contributed by atoms with Gasteiger partial charge in [0.1, 0.15) is 12.1 Å². The zero-order valence-corrected chi connectivity index (χ0v) is 10.0. The zero-order chi connectivity index (χ0) is 13.6. The van der Waals surface area contributed by atoms with Gasteiger partial charge in [0.05, 0.1) is 6.42 Å². The molecular weight excluding hydrogens is 226 g/mol. The Morgan fingerprint density at radius 2 is 1.53 bits per heavy atom. The van der Waals surface area contributed by atoms with Crippen LogP contribution >= 0.6 is 0 Å². The van der Waals surface area contributed by atoms with Crippen LogP contribution in [0.25, 0.3) is 0 Å². The van der Waals surface area contributed by atoms with Gasteiger partial charge in [0.2, 0.25) is 5.91 Å². The van der Waals surface area contributed by atoms with E-state index in [1.807, 2.05) is 13.8 Å². The molecule has 0 fully saturated rings. The summed E-state index contributed by atoms with van der Waals surface area (Å²) >= 11 is 0. The van der Waals surface area contributed by atoms with Gasteiger partial charge in [-0.15, -0.1) is 0 Å². The van der Waals surface area contributed by atoms with Gasteiger partial charge in [0.25, 0.3) is 0 Å². The van der Waals surface area contributed by atoms with E-state index in [1.165, 1.54) is 0 Å². The van der Waals surface area contributed by atoms with Crippen molar-refractivity contribution in [3.63, 3.8) is 0 Å². The molecule has 0 aliphatic carbocycles. The second-order valence-electron chi connectivity index (χ2n) is 4.25. The second kappa shape index (κ2) is 6.97. The molecule has 7 nitrogen and oxygen atoms in total. The zero-order valence-electron chi connectivity index (χ0n) is 10.0. The summed E-state index contributed by atoms with van der Waals surface area (Å²) in [5.41, 5.74) is 15.7. The van der Waals surface area contributed by atoms with E-state index in [4.69, 9.17) is 17.2 Å². The Hall–Kier alpha value is -1.47. The molecule has 0 bridgehead atoms. The molecule has 0 aromatic carbocycles.